The maximum Gasteiger partial charge on any atom is 0.341 e. The Labute approximate surface area is 153 Å². The number of hydrogen-bond donors (Lipinski definition) is 1. The van der Waals surface area contributed by atoms with E-state index in [1.54, 1.807) is 18.2 Å². The van der Waals surface area contributed by atoms with Crippen molar-refractivity contribution in [1.29, 1.82) is 0 Å². The molecule has 0 saturated carbocycles. The van der Waals surface area contributed by atoms with Crippen molar-refractivity contribution in [2.75, 3.05) is 7.11 Å². The number of methoxy groups -OCH3 is 1. The molecule has 1 N–H and O–H groups in total. The maximum atomic E-state index is 13.0. The fraction of sp³-hybridized carbons (Fsp3) is 0.100. The number of nitrogens with zero attached hydrogens (tertiary/aromatic N) is 1. The molecule has 0 atom stereocenters. The van der Waals surface area contributed by atoms with Crippen molar-refractivity contribution in [3.05, 3.63) is 70.7 Å². The van der Waals surface area contributed by atoms with Crippen molar-refractivity contribution in [2.24, 2.45) is 0 Å². The van der Waals surface area contributed by atoms with Gasteiger partial charge in [-0.1, -0.05) is 12.1 Å². The number of rotatable bonds is 5. The van der Waals surface area contributed by atoms with Gasteiger partial charge in [0.25, 0.3) is 0 Å². The average Bonchev–Trinajstić information content (AvgIpc) is 2.69. The molecule has 2 aromatic carbocycles. The van der Waals surface area contributed by atoms with E-state index in [4.69, 9.17) is 0 Å². The molecule has 0 amide bonds. The number of ketones is 1. The van der Waals surface area contributed by atoms with Crippen LogP contribution in [0.25, 0.3) is 10.9 Å². The molecule has 7 heteroatoms. The van der Waals surface area contributed by atoms with Crippen LogP contribution in [0.1, 0.15) is 31.8 Å². The molecule has 0 fully saturated rings. The van der Waals surface area contributed by atoms with Gasteiger partial charge in [-0.05, 0) is 41.8 Å². The molecule has 136 valence electrons. The monoisotopic (exact) mass is 367 g/mol. The second-order valence-corrected chi connectivity index (χ2v) is 5.84. The summed E-state index contributed by atoms with van der Waals surface area (Å²) >= 11 is 0. The number of hydrogen-bond acceptors (Lipinski definition) is 6. The van der Waals surface area contributed by atoms with Gasteiger partial charge in [-0.15, -0.1) is 0 Å². The van der Waals surface area contributed by atoms with Crippen molar-refractivity contribution >= 4 is 28.9 Å². The number of phenols is 1. The number of aromatic nitrogens is 1. The molecule has 0 aliphatic carbocycles. The summed E-state index contributed by atoms with van der Waals surface area (Å²) < 4.78 is 17.6. The van der Waals surface area contributed by atoms with Crippen molar-refractivity contribution in [2.45, 2.75) is 6.42 Å². The third kappa shape index (κ3) is 3.52. The Morgan fingerprint density at radius 3 is 2.48 bits per heavy atom. The highest BCUT2D eigenvalue weighted by Crippen LogP contribution is 2.32. The van der Waals surface area contributed by atoms with Crippen LogP contribution in [-0.4, -0.2) is 35.2 Å². The van der Waals surface area contributed by atoms with Gasteiger partial charge in [0.05, 0.1) is 7.11 Å². The molecule has 3 aromatic rings. The number of fused-ring (bicyclic) bond motifs is 1. The summed E-state index contributed by atoms with van der Waals surface area (Å²) in [5, 5.41) is 10.6. The van der Waals surface area contributed by atoms with Crippen LogP contribution in [0.5, 0.6) is 5.75 Å². The van der Waals surface area contributed by atoms with Crippen LogP contribution < -0.4 is 0 Å². The highest BCUT2D eigenvalue weighted by molar-refractivity contribution is 6.36. The molecule has 0 spiro atoms. The van der Waals surface area contributed by atoms with Gasteiger partial charge in [-0.25, -0.2) is 9.18 Å². The number of halogens is 1. The van der Waals surface area contributed by atoms with Crippen LogP contribution in [0.15, 0.2) is 42.6 Å². The second kappa shape index (κ2) is 7.33. The normalized spacial score (nSPS) is 10.6. The number of benzene rings is 2. The molecule has 0 bridgehead atoms. The lowest BCUT2D eigenvalue weighted by atomic mass is 9.97. The topological polar surface area (TPSA) is 93.6 Å². The summed E-state index contributed by atoms with van der Waals surface area (Å²) in [6.45, 7) is 0. The Balaban J connectivity index is 2.16. The van der Waals surface area contributed by atoms with Crippen molar-refractivity contribution in [3.63, 3.8) is 0 Å². The van der Waals surface area contributed by atoms with Crippen LogP contribution in [0, 0.1) is 5.82 Å². The van der Waals surface area contributed by atoms with Gasteiger partial charge in [-0.2, -0.15) is 0 Å². The molecular formula is C20H14FNO5. The highest BCUT2D eigenvalue weighted by atomic mass is 19.1. The van der Waals surface area contributed by atoms with E-state index in [-0.39, 0.29) is 34.1 Å². The van der Waals surface area contributed by atoms with E-state index in [1.165, 1.54) is 18.3 Å². The first-order chi connectivity index (χ1) is 12.9. The smallest absolute Gasteiger partial charge is 0.341 e. The van der Waals surface area contributed by atoms with Crippen molar-refractivity contribution < 1.29 is 28.6 Å². The van der Waals surface area contributed by atoms with E-state index in [9.17, 15) is 23.9 Å². The first kappa shape index (κ1) is 18.2. The van der Waals surface area contributed by atoms with E-state index in [0.717, 1.165) is 18.7 Å². The molecule has 3 rings (SSSR count). The van der Waals surface area contributed by atoms with Gasteiger partial charge >= 0.3 is 5.97 Å². The number of phenolic OH excluding ortho intramolecular Hbond substituents is 1. The van der Waals surface area contributed by atoms with Crippen LogP contribution in [-0.2, 0) is 16.0 Å². The number of aldehydes is 1. The lowest BCUT2D eigenvalue weighted by molar-refractivity contribution is -0.104. The molecule has 0 unspecified atom stereocenters. The lowest BCUT2D eigenvalue weighted by Gasteiger charge is -2.11. The van der Waals surface area contributed by atoms with Gasteiger partial charge in [0.2, 0.25) is 5.78 Å². The minimum absolute atomic E-state index is 0.00551. The Morgan fingerprint density at radius 1 is 1.15 bits per heavy atom. The molecular weight excluding hydrogens is 353 g/mol. The predicted octanol–water partition coefficient (Wildman–Crippen LogP) is 2.84. The molecule has 0 aliphatic rings. The Bertz CT molecular complexity index is 1060. The third-order valence-electron chi connectivity index (χ3n) is 4.10. The molecule has 27 heavy (non-hydrogen) atoms. The fourth-order valence-electron chi connectivity index (χ4n) is 2.79. The molecule has 0 saturated heterocycles. The number of carbonyl (C=O) groups excluding carboxylic acids is 3. The number of aromatic hydroxyl groups is 1. The summed E-state index contributed by atoms with van der Waals surface area (Å²) in [4.78, 5) is 39.0. The number of Topliss-reactive ketones (excluding diaryl/α,β-unsaturated/α-hetero) is 1. The average molecular weight is 367 g/mol. The highest BCUT2D eigenvalue weighted by Gasteiger charge is 2.22. The van der Waals surface area contributed by atoms with Gasteiger partial charge in [0, 0.05) is 17.1 Å². The van der Waals surface area contributed by atoms with Crippen molar-refractivity contribution in [1.82, 2.24) is 4.98 Å². The second-order valence-electron chi connectivity index (χ2n) is 5.84. The zero-order valence-electron chi connectivity index (χ0n) is 14.2. The summed E-state index contributed by atoms with van der Waals surface area (Å²) in [6.07, 6.45) is 2.00. The zero-order valence-corrected chi connectivity index (χ0v) is 14.2. The lowest BCUT2D eigenvalue weighted by Crippen LogP contribution is -2.08. The molecule has 6 nitrogen and oxygen atoms in total. The van der Waals surface area contributed by atoms with Crippen LogP contribution in [0.3, 0.4) is 0 Å². The SMILES string of the molecule is COC(=O)c1cc(C(=O)C=O)c2cc(Cc3ccc(F)cc3)cnc2c1O. The predicted molar refractivity (Wildman–Crippen MR) is 94.3 cm³/mol. The number of ether oxygens (including phenoxy) is 1. The van der Waals surface area contributed by atoms with Crippen LogP contribution in [0.4, 0.5) is 4.39 Å². The number of pyridine rings is 1. The molecule has 0 radical (unpaired) electrons. The van der Waals surface area contributed by atoms with E-state index < -0.39 is 17.5 Å². The van der Waals surface area contributed by atoms with Gasteiger partial charge in [0.1, 0.15) is 16.9 Å². The van der Waals surface area contributed by atoms with E-state index in [2.05, 4.69) is 9.72 Å². The number of esters is 1. The zero-order chi connectivity index (χ0) is 19.6. The molecule has 1 aromatic heterocycles. The van der Waals surface area contributed by atoms with Crippen molar-refractivity contribution in [3.8, 4) is 5.75 Å². The Morgan fingerprint density at radius 2 is 1.85 bits per heavy atom. The quantitative estimate of drug-likeness (QED) is 0.323. The largest absolute Gasteiger partial charge is 0.505 e. The van der Waals surface area contributed by atoms with Crippen LogP contribution in [0.2, 0.25) is 0 Å². The number of carbonyl (C=O) groups is 3. The Hall–Kier alpha value is -3.61. The third-order valence-corrected chi connectivity index (χ3v) is 4.10. The van der Waals surface area contributed by atoms with Gasteiger partial charge in [0.15, 0.2) is 12.0 Å². The van der Waals surface area contributed by atoms with Gasteiger partial charge in [-0.3, -0.25) is 14.6 Å². The Kier molecular flexibility index (Phi) is 4.94. The van der Waals surface area contributed by atoms with Crippen LogP contribution >= 0.6 is 0 Å². The maximum absolute atomic E-state index is 13.0. The molecule has 1 heterocycles. The van der Waals surface area contributed by atoms with Gasteiger partial charge < -0.3 is 9.84 Å². The first-order valence-corrected chi connectivity index (χ1v) is 7.91. The minimum atomic E-state index is -0.856. The standard InChI is InChI=1S/C20H14FNO5/c1-27-20(26)16-8-14(17(24)10-23)15-7-12(9-22-18(15)19(16)25)6-11-2-4-13(21)5-3-11/h2-5,7-10,25H,6H2,1H3. The molecule has 0 aliphatic heterocycles. The summed E-state index contributed by atoms with van der Waals surface area (Å²) in [6, 6.07) is 8.62. The van der Waals surface area contributed by atoms with E-state index in [0.29, 0.717) is 12.0 Å². The van der Waals surface area contributed by atoms with E-state index >= 15 is 0 Å². The summed E-state index contributed by atoms with van der Waals surface area (Å²) in [7, 11) is 1.13. The fourth-order valence-corrected chi connectivity index (χ4v) is 2.79. The first-order valence-electron chi connectivity index (χ1n) is 7.91. The summed E-state index contributed by atoms with van der Waals surface area (Å²) in [5.74, 6) is -2.50. The summed E-state index contributed by atoms with van der Waals surface area (Å²) in [5.41, 5.74) is 1.18. The van der Waals surface area contributed by atoms with E-state index in [1.807, 2.05) is 0 Å². The minimum Gasteiger partial charge on any atom is -0.505 e.